The van der Waals surface area contributed by atoms with Crippen molar-refractivity contribution in [1.82, 2.24) is 4.90 Å². The van der Waals surface area contributed by atoms with Gasteiger partial charge in [-0.15, -0.1) is 0 Å². The molecule has 0 aliphatic heterocycles. The largest absolute Gasteiger partial charge is 0.481 e. The number of fused-ring (bicyclic) bond motifs is 1. The predicted molar refractivity (Wildman–Crippen MR) is 196 cm³/mol. The van der Waals surface area contributed by atoms with Crippen LogP contribution in [0.15, 0.2) is 121 Å². The summed E-state index contributed by atoms with van der Waals surface area (Å²) in [6, 6.07) is 39.3. The van der Waals surface area contributed by atoms with Crippen LogP contribution in [0.4, 0.5) is 0 Å². The van der Waals surface area contributed by atoms with Crippen molar-refractivity contribution in [1.29, 1.82) is 0 Å². The van der Waals surface area contributed by atoms with Gasteiger partial charge in [-0.1, -0.05) is 103 Å². The number of benzene rings is 5. The minimum Gasteiger partial charge on any atom is -0.481 e. The Morgan fingerprint density at radius 1 is 0.667 bits per heavy atom. The number of carbonyl (C=O) groups excluding carboxylic acids is 2. The molecule has 0 bridgehead atoms. The summed E-state index contributed by atoms with van der Waals surface area (Å²) in [6.07, 6.45) is 1.19. The van der Waals surface area contributed by atoms with Crippen LogP contribution in [0.1, 0.15) is 63.9 Å². The topological polar surface area (TPSA) is 121 Å². The lowest BCUT2D eigenvalue weighted by Crippen LogP contribution is -2.43. The molecule has 0 radical (unpaired) electrons. The van der Waals surface area contributed by atoms with E-state index in [0.717, 1.165) is 40.3 Å². The van der Waals surface area contributed by atoms with Gasteiger partial charge in [0.2, 0.25) is 5.91 Å². The van der Waals surface area contributed by atoms with Crippen molar-refractivity contribution >= 4 is 34.6 Å². The molecule has 3 unspecified atom stereocenters. The fourth-order valence-corrected chi connectivity index (χ4v) is 6.65. The molecule has 0 aliphatic rings. The first kappa shape index (κ1) is 36.5. The van der Waals surface area contributed by atoms with Gasteiger partial charge in [0.05, 0.1) is 25.0 Å². The van der Waals surface area contributed by atoms with Gasteiger partial charge in [-0.05, 0) is 83.0 Å². The van der Waals surface area contributed by atoms with Crippen molar-refractivity contribution < 1.29 is 34.1 Å². The van der Waals surface area contributed by atoms with E-state index in [2.05, 4.69) is 30.3 Å². The van der Waals surface area contributed by atoms with Crippen LogP contribution in [0.25, 0.3) is 10.8 Å². The molecule has 0 fully saturated rings. The minimum absolute atomic E-state index is 0.193. The highest BCUT2D eigenvalue weighted by Crippen LogP contribution is 2.31. The number of aliphatic carboxylic acids is 2. The second kappa shape index (κ2) is 17.3. The maximum absolute atomic E-state index is 14.2. The van der Waals surface area contributed by atoms with E-state index in [0.29, 0.717) is 12.0 Å². The fourth-order valence-electron chi connectivity index (χ4n) is 6.65. The summed E-state index contributed by atoms with van der Waals surface area (Å²) in [5, 5.41) is 21.3. The third kappa shape index (κ3) is 9.91. The van der Waals surface area contributed by atoms with Crippen LogP contribution in [0.5, 0.6) is 0 Å². The zero-order chi connectivity index (χ0) is 36.3. The van der Waals surface area contributed by atoms with Gasteiger partial charge >= 0.3 is 17.9 Å². The number of aryl methyl sites for hydroxylation is 2. The number of ether oxygens (including phenoxy) is 1. The molecular formula is C43H43NO7. The van der Waals surface area contributed by atoms with Crippen LogP contribution in [0.3, 0.4) is 0 Å². The number of hydrogen-bond acceptors (Lipinski definition) is 5. The molecule has 8 heteroatoms. The molecular weight excluding hydrogens is 642 g/mol. The maximum Gasteiger partial charge on any atom is 0.337 e. The molecule has 3 atom stereocenters. The van der Waals surface area contributed by atoms with E-state index in [1.54, 1.807) is 17.0 Å². The van der Waals surface area contributed by atoms with Gasteiger partial charge in [0.25, 0.3) is 0 Å². The molecule has 0 spiro atoms. The monoisotopic (exact) mass is 685 g/mol. The van der Waals surface area contributed by atoms with Gasteiger partial charge in [-0.2, -0.15) is 0 Å². The number of nitrogens with zero attached hydrogens (tertiary/aromatic N) is 1. The lowest BCUT2D eigenvalue weighted by molar-refractivity contribution is -0.151. The highest BCUT2D eigenvalue weighted by Gasteiger charge is 2.33. The second-order valence-electron chi connectivity index (χ2n) is 13.0. The van der Waals surface area contributed by atoms with Crippen molar-refractivity contribution in [2.24, 2.45) is 5.92 Å². The molecule has 0 aromatic heterocycles. The average molecular weight is 686 g/mol. The number of esters is 1. The number of carbonyl (C=O) groups is 4. The first-order chi connectivity index (χ1) is 24.6. The number of hydrogen-bond donors (Lipinski definition) is 2. The van der Waals surface area contributed by atoms with Gasteiger partial charge in [-0.3, -0.25) is 14.4 Å². The molecule has 0 aliphatic carbocycles. The highest BCUT2D eigenvalue weighted by atomic mass is 16.5. The van der Waals surface area contributed by atoms with E-state index in [4.69, 9.17) is 4.74 Å². The Morgan fingerprint density at radius 3 is 2.00 bits per heavy atom. The van der Waals surface area contributed by atoms with Crippen molar-refractivity contribution in [3.8, 4) is 0 Å². The fraction of sp³-hybridized carbons (Fsp3) is 0.256. The SMILES string of the molecule is COC(=O)c1ccc(C(Cc2cccc(CCc3ccccc3)c2)C(C)N(Cc2ccc3ccccc3c2)C(=O)CC(CC(=O)O)C(=O)O)cc1. The Kier molecular flexibility index (Phi) is 12.4. The van der Waals surface area contributed by atoms with Crippen molar-refractivity contribution in [2.45, 2.75) is 57.5 Å². The Morgan fingerprint density at radius 2 is 1.31 bits per heavy atom. The molecule has 5 aromatic rings. The normalized spacial score (nSPS) is 12.8. The smallest absolute Gasteiger partial charge is 0.337 e. The predicted octanol–water partition coefficient (Wildman–Crippen LogP) is 7.72. The van der Waals surface area contributed by atoms with Crippen LogP contribution in [0.2, 0.25) is 0 Å². The number of methoxy groups -OCH3 is 1. The van der Waals surface area contributed by atoms with Crippen molar-refractivity contribution in [3.05, 3.63) is 155 Å². The summed E-state index contributed by atoms with van der Waals surface area (Å²) in [5.41, 5.74) is 5.67. The summed E-state index contributed by atoms with van der Waals surface area (Å²) >= 11 is 0. The molecule has 0 saturated heterocycles. The van der Waals surface area contributed by atoms with Crippen LogP contribution < -0.4 is 0 Å². The quantitative estimate of drug-likeness (QED) is 0.102. The van der Waals surface area contributed by atoms with E-state index < -0.39 is 48.6 Å². The summed E-state index contributed by atoms with van der Waals surface area (Å²) in [6.45, 7) is 2.14. The summed E-state index contributed by atoms with van der Waals surface area (Å²) in [4.78, 5) is 51.8. The molecule has 2 N–H and O–H groups in total. The van der Waals surface area contributed by atoms with Crippen LogP contribution in [0, 0.1) is 5.92 Å². The van der Waals surface area contributed by atoms with Gasteiger partial charge in [0.1, 0.15) is 0 Å². The van der Waals surface area contributed by atoms with Gasteiger partial charge in [0, 0.05) is 24.9 Å². The summed E-state index contributed by atoms with van der Waals surface area (Å²) in [7, 11) is 1.33. The Hall–Kier alpha value is -5.76. The van der Waals surface area contributed by atoms with Crippen molar-refractivity contribution in [2.75, 3.05) is 7.11 Å². The number of amides is 1. The molecule has 51 heavy (non-hydrogen) atoms. The van der Waals surface area contributed by atoms with Crippen LogP contribution in [-0.4, -0.2) is 52.1 Å². The first-order valence-corrected chi connectivity index (χ1v) is 17.1. The van der Waals surface area contributed by atoms with E-state index in [1.807, 2.05) is 85.8 Å². The number of carboxylic acid groups (broad SMARTS) is 2. The molecule has 0 saturated carbocycles. The van der Waals surface area contributed by atoms with E-state index in [9.17, 15) is 29.4 Å². The van der Waals surface area contributed by atoms with Crippen molar-refractivity contribution in [3.63, 3.8) is 0 Å². The first-order valence-electron chi connectivity index (χ1n) is 17.1. The average Bonchev–Trinajstić information content (AvgIpc) is 3.14. The van der Waals surface area contributed by atoms with Gasteiger partial charge < -0.3 is 19.8 Å². The second-order valence-corrected chi connectivity index (χ2v) is 13.0. The highest BCUT2D eigenvalue weighted by molar-refractivity contribution is 5.89. The lowest BCUT2D eigenvalue weighted by Gasteiger charge is -2.36. The third-order valence-electron chi connectivity index (χ3n) is 9.50. The standard InChI is InChI=1S/C43H43NO7/c1-29(44(40(45)26-38(42(48)49)27-41(46)47)28-33-17-18-34-13-6-7-14-37(34)24-33)39(35-19-21-36(22-20-35)43(50)51-2)25-32-12-8-11-31(23-32)16-15-30-9-4-3-5-10-30/h3-14,17-24,29,38-39H,15-16,25-28H2,1-2H3,(H,46,47)(H,48,49). The van der Waals surface area contributed by atoms with Crippen LogP contribution in [-0.2, 0) is 44.9 Å². The molecule has 5 aromatic carbocycles. The molecule has 1 amide bonds. The molecule has 8 nitrogen and oxygen atoms in total. The molecule has 0 heterocycles. The summed E-state index contributed by atoms with van der Waals surface area (Å²) < 4.78 is 4.92. The maximum atomic E-state index is 14.2. The summed E-state index contributed by atoms with van der Waals surface area (Å²) in [5.74, 6) is -5.15. The van der Waals surface area contributed by atoms with Gasteiger partial charge in [-0.25, -0.2) is 4.79 Å². The van der Waals surface area contributed by atoms with E-state index in [1.165, 1.54) is 18.2 Å². The lowest BCUT2D eigenvalue weighted by atomic mass is 9.84. The molecule has 262 valence electrons. The molecule has 5 rings (SSSR count). The van der Waals surface area contributed by atoms with Gasteiger partial charge in [0.15, 0.2) is 0 Å². The van der Waals surface area contributed by atoms with E-state index in [-0.39, 0.29) is 12.5 Å². The number of rotatable bonds is 16. The zero-order valence-electron chi connectivity index (χ0n) is 28.9. The minimum atomic E-state index is -1.37. The third-order valence-corrected chi connectivity index (χ3v) is 9.50. The Labute approximate surface area is 298 Å². The zero-order valence-corrected chi connectivity index (χ0v) is 28.9. The number of carboxylic acids is 2. The Bertz CT molecular complexity index is 1970. The van der Waals surface area contributed by atoms with E-state index >= 15 is 0 Å². The Balaban J connectivity index is 1.51. The van der Waals surface area contributed by atoms with Crippen LogP contribution >= 0.6 is 0 Å².